The minimum Gasteiger partial charge on any atom is -0.378 e. The summed E-state index contributed by atoms with van der Waals surface area (Å²) in [5, 5.41) is 7.83. The first kappa shape index (κ1) is 18.5. The molecule has 8 heteroatoms. The third-order valence-corrected chi connectivity index (χ3v) is 4.87. The van der Waals surface area contributed by atoms with Gasteiger partial charge in [-0.3, -0.25) is 4.79 Å². The van der Waals surface area contributed by atoms with E-state index in [0.717, 1.165) is 30.2 Å². The number of pyridine rings is 1. The highest BCUT2D eigenvalue weighted by Gasteiger charge is 2.17. The van der Waals surface area contributed by atoms with Gasteiger partial charge in [-0.15, -0.1) is 0 Å². The van der Waals surface area contributed by atoms with Crippen molar-refractivity contribution >= 4 is 29.0 Å². The van der Waals surface area contributed by atoms with Crippen LogP contribution in [-0.4, -0.2) is 47.0 Å². The Hall–Kier alpha value is -2.90. The van der Waals surface area contributed by atoms with Crippen LogP contribution in [0.25, 0.3) is 5.69 Å². The Kier molecular flexibility index (Phi) is 5.27. The maximum atomic E-state index is 12.7. The van der Waals surface area contributed by atoms with Gasteiger partial charge in [0, 0.05) is 24.8 Å². The first-order valence-corrected chi connectivity index (χ1v) is 9.41. The van der Waals surface area contributed by atoms with Crippen molar-refractivity contribution in [2.75, 3.05) is 36.5 Å². The molecule has 28 heavy (non-hydrogen) atoms. The van der Waals surface area contributed by atoms with Crippen LogP contribution in [0, 0.1) is 6.92 Å². The minimum atomic E-state index is -0.288. The van der Waals surface area contributed by atoms with E-state index >= 15 is 0 Å². The van der Waals surface area contributed by atoms with Gasteiger partial charge >= 0.3 is 0 Å². The number of aromatic nitrogens is 3. The van der Waals surface area contributed by atoms with Crippen LogP contribution in [0.2, 0.25) is 5.02 Å². The van der Waals surface area contributed by atoms with Crippen molar-refractivity contribution < 1.29 is 9.53 Å². The second kappa shape index (κ2) is 8.00. The van der Waals surface area contributed by atoms with E-state index in [1.807, 2.05) is 37.3 Å². The number of nitrogens with zero attached hydrogens (tertiary/aromatic N) is 4. The summed E-state index contributed by atoms with van der Waals surface area (Å²) < 4.78 is 6.97. The number of carbonyl (C=O) groups is 1. The summed E-state index contributed by atoms with van der Waals surface area (Å²) in [5.74, 6) is 0.588. The van der Waals surface area contributed by atoms with Gasteiger partial charge in [0.2, 0.25) is 0 Å². The normalized spacial score (nSPS) is 14.1. The Morgan fingerprint density at radius 3 is 2.68 bits per heavy atom. The molecule has 0 aliphatic carbocycles. The second-order valence-corrected chi connectivity index (χ2v) is 6.92. The fraction of sp³-hybridized carbons (Fsp3) is 0.250. The van der Waals surface area contributed by atoms with E-state index in [1.165, 1.54) is 0 Å². The van der Waals surface area contributed by atoms with E-state index in [4.69, 9.17) is 16.3 Å². The van der Waals surface area contributed by atoms with Gasteiger partial charge in [-0.05, 0) is 31.2 Å². The minimum absolute atomic E-state index is 0.288. The number of carbonyl (C=O) groups excluding carboxylic acids is 1. The largest absolute Gasteiger partial charge is 0.378 e. The predicted molar refractivity (Wildman–Crippen MR) is 109 cm³/mol. The third kappa shape index (κ3) is 3.85. The summed E-state index contributed by atoms with van der Waals surface area (Å²) in [5.41, 5.74) is 2.45. The topological polar surface area (TPSA) is 72.3 Å². The summed E-state index contributed by atoms with van der Waals surface area (Å²) in [4.78, 5) is 19.3. The molecular weight excluding hydrogens is 378 g/mol. The fourth-order valence-corrected chi connectivity index (χ4v) is 3.30. The van der Waals surface area contributed by atoms with Gasteiger partial charge in [0.05, 0.1) is 35.8 Å². The van der Waals surface area contributed by atoms with Gasteiger partial charge in [-0.1, -0.05) is 23.7 Å². The molecule has 1 fully saturated rings. The van der Waals surface area contributed by atoms with Gasteiger partial charge in [-0.25, -0.2) is 9.67 Å². The Labute approximate surface area is 167 Å². The van der Waals surface area contributed by atoms with Crippen LogP contribution in [0.1, 0.15) is 16.1 Å². The molecule has 1 aliphatic heterocycles. The Morgan fingerprint density at radius 2 is 1.96 bits per heavy atom. The molecule has 4 rings (SSSR count). The molecule has 0 radical (unpaired) electrons. The lowest BCUT2D eigenvalue weighted by Crippen LogP contribution is -2.36. The molecule has 1 amide bonds. The quantitative estimate of drug-likeness (QED) is 0.731. The molecule has 0 bridgehead atoms. The number of aryl methyl sites for hydroxylation is 1. The highest BCUT2D eigenvalue weighted by atomic mass is 35.5. The summed E-state index contributed by atoms with van der Waals surface area (Å²) in [6, 6.07) is 11.1. The fourth-order valence-electron chi connectivity index (χ4n) is 3.08. The van der Waals surface area contributed by atoms with Gasteiger partial charge in [0.25, 0.3) is 5.91 Å². The monoisotopic (exact) mass is 397 g/mol. The van der Waals surface area contributed by atoms with Gasteiger partial charge in [0.15, 0.2) is 5.69 Å². The van der Waals surface area contributed by atoms with E-state index in [2.05, 4.69) is 20.3 Å². The van der Waals surface area contributed by atoms with Crippen LogP contribution in [0.4, 0.5) is 11.5 Å². The molecule has 144 valence electrons. The summed E-state index contributed by atoms with van der Waals surface area (Å²) in [6.07, 6.45) is 3.44. The van der Waals surface area contributed by atoms with E-state index in [9.17, 15) is 4.79 Å². The third-order valence-electron chi connectivity index (χ3n) is 4.55. The lowest BCUT2D eigenvalue weighted by Gasteiger charge is -2.27. The molecule has 1 aliphatic rings. The van der Waals surface area contributed by atoms with Crippen molar-refractivity contribution in [2.24, 2.45) is 0 Å². The molecule has 7 nitrogen and oxygen atoms in total. The van der Waals surface area contributed by atoms with Crippen LogP contribution in [-0.2, 0) is 4.74 Å². The number of para-hydroxylation sites is 1. The zero-order chi connectivity index (χ0) is 19.5. The number of hydrogen-bond donors (Lipinski definition) is 1. The van der Waals surface area contributed by atoms with E-state index in [1.54, 1.807) is 23.1 Å². The number of rotatable bonds is 4. The highest BCUT2D eigenvalue weighted by Crippen LogP contribution is 2.21. The van der Waals surface area contributed by atoms with Crippen molar-refractivity contribution in [1.82, 2.24) is 14.8 Å². The van der Waals surface area contributed by atoms with Gasteiger partial charge < -0.3 is 15.0 Å². The maximum absolute atomic E-state index is 12.7. The molecule has 3 heterocycles. The van der Waals surface area contributed by atoms with Crippen molar-refractivity contribution in [3.63, 3.8) is 0 Å². The number of amides is 1. The van der Waals surface area contributed by atoms with Crippen LogP contribution in [0.3, 0.4) is 0 Å². The smallest absolute Gasteiger partial charge is 0.276 e. The molecule has 0 atom stereocenters. The Balaban J connectivity index is 1.49. The van der Waals surface area contributed by atoms with Crippen LogP contribution in [0.15, 0.2) is 48.8 Å². The van der Waals surface area contributed by atoms with Crippen LogP contribution < -0.4 is 10.2 Å². The first-order valence-electron chi connectivity index (χ1n) is 9.03. The second-order valence-electron chi connectivity index (χ2n) is 6.52. The van der Waals surface area contributed by atoms with Gasteiger partial charge in [0.1, 0.15) is 5.82 Å². The predicted octanol–water partition coefficient (Wildman–Crippen LogP) is 3.32. The summed E-state index contributed by atoms with van der Waals surface area (Å²) >= 11 is 6.23. The zero-order valence-corrected chi connectivity index (χ0v) is 16.2. The Bertz CT molecular complexity index is 981. The highest BCUT2D eigenvalue weighted by molar-refractivity contribution is 6.32. The first-order chi connectivity index (χ1) is 13.6. The van der Waals surface area contributed by atoms with Crippen molar-refractivity contribution in [2.45, 2.75) is 6.92 Å². The molecule has 3 aromatic rings. The average molecular weight is 398 g/mol. The molecule has 1 N–H and O–H groups in total. The molecule has 2 aromatic heterocycles. The number of ether oxygens (including phenoxy) is 1. The number of hydrogen-bond acceptors (Lipinski definition) is 5. The lowest BCUT2D eigenvalue weighted by atomic mass is 10.2. The molecular formula is C20H20ClN5O2. The zero-order valence-electron chi connectivity index (χ0n) is 15.4. The summed E-state index contributed by atoms with van der Waals surface area (Å²) in [6.45, 7) is 4.88. The average Bonchev–Trinajstić information content (AvgIpc) is 3.11. The van der Waals surface area contributed by atoms with Crippen molar-refractivity contribution in [3.8, 4) is 5.69 Å². The summed E-state index contributed by atoms with van der Waals surface area (Å²) in [7, 11) is 0. The number of anilines is 2. The van der Waals surface area contributed by atoms with E-state index < -0.39 is 0 Å². The SMILES string of the molecule is Cc1cn(-c2ccccc2Cl)nc1C(=O)Nc1ccc(N2CCOCC2)nc1. The van der Waals surface area contributed by atoms with Gasteiger partial charge in [-0.2, -0.15) is 5.10 Å². The maximum Gasteiger partial charge on any atom is 0.276 e. The van der Waals surface area contributed by atoms with Crippen molar-refractivity contribution in [3.05, 3.63) is 65.1 Å². The number of nitrogens with one attached hydrogen (secondary N) is 1. The molecule has 1 aromatic carbocycles. The molecule has 1 saturated heterocycles. The molecule has 0 spiro atoms. The van der Waals surface area contributed by atoms with E-state index in [0.29, 0.717) is 29.6 Å². The van der Waals surface area contributed by atoms with E-state index in [-0.39, 0.29) is 5.91 Å². The van der Waals surface area contributed by atoms with Crippen LogP contribution in [0.5, 0.6) is 0 Å². The number of morpholine rings is 1. The molecule has 0 saturated carbocycles. The van der Waals surface area contributed by atoms with Crippen molar-refractivity contribution in [1.29, 1.82) is 0 Å². The lowest BCUT2D eigenvalue weighted by molar-refractivity contribution is 0.102. The molecule has 0 unspecified atom stereocenters. The Morgan fingerprint density at radius 1 is 1.18 bits per heavy atom. The number of benzene rings is 1. The standard InChI is InChI=1S/C20H20ClN5O2/c1-14-13-26(17-5-3-2-4-16(17)21)24-19(14)20(27)23-15-6-7-18(22-12-15)25-8-10-28-11-9-25/h2-7,12-13H,8-11H2,1H3,(H,23,27). The van der Waals surface area contributed by atoms with Crippen LogP contribution >= 0.6 is 11.6 Å². The number of halogens is 1.